The summed E-state index contributed by atoms with van der Waals surface area (Å²) in [6, 6.07) is 0. The number of nitrogens with one attached hydrogen (secondary N) is 1. The highest BCUT2D eigenvalue weighted by Gasteiger charge is 2.51. The minimum absolute atomic E-state index is 0.137. The molecule has 6 heteroatoms. The Bertz CT molecular complexity index is 732. The van der Waals surface area contributed by atoms with E-state index >= 15 is 0 Å². The Morgan fingerprint density at radius 1 is 1.19 bits per heavy atom. The SMILES string of the molecule is Cc1nn(C)c(C)c1NC(=O)[C@H](C)OC(=O)CC12CC3CC(CC(C3)C1)C2. The second-order valence-corrected chi connectivity index (χ2v) is 9.39. The number of hydrogen-bond acceptors (Lipinski definition) is 4. The summed E-state index contributed by atoms with van der Waals surface area (Å²) in [5.74, 6) is 1.90. The molecule has 27 heavy (non-hydrogen) atoms. The van der Waals surface area contributed by atoms with Crippen LogP contribution in [-0.4, -0.2) is 27.8 Å². The molecule has 1 heterocycles. The van der Waals surface area contributed by atoms with Crippen LogP contribution in [-0.2, 0) is 21.4 Å². The lowest BCUT2D eigenvalue weighted by atomic mass is 9.49. The Kier molecular flexibility index (Phi) is 4.55. The molecule has 0 radical (unpaired) electrons. The maximum atomic E-state index is 12.6. The zero-order chi connectivity index (χ0) is 19.3. The van der Waals surface area contributed by atoms with Gasteiger partial charge in [-0.3, -0.25) is 14.3 Å². The van der Waals surface area contributed by atoms with E-state index in [9.17, 15) is 9.59 Å². The third kappa shape index (κ3) is 3.50. The van der Waals surface area contributed by atoms with Crippen molar-refractivity contribution in [3.63, 3.8) is 0 Å². The molecule has 5 rings (SSSR count). The fourth-order valence-corrected chi connectivity index (χ4v) is 6.28. The molecule has 1 aromatic rings. The summed E-state index contributed by atoms with van der Waals surface area (Å²) >= 11 is 0. The second-order valence-electron chi connectivity index (χ2n) is 9.39. The highest BCUT2D eigenvalue weighted by atomic mass is 16.5. The molecule has 1 aromatic heterocycles. The fraction of sp³-hybridized carbons (Fsp3) is 0.762. The van der Waals surface area contributed by atoms with Gasteiger partial charge < -0.3 is 10.1 Å². The number of carbonyl (C=O) groups is 2. The molecule has 6 nitrogen and oxygen atoms in total. The van der Waals surface area contributed by atoms with Crippen molar-refractivity contribution >= 4 is 17.6 Å². The van der Waals surface area contributed by atoms with Gasteiger partial charge in [0.2, 0.25) is 0 Å². The van der Waals surface area contributed by atoms with Crippen LogP contribution in [0.4, 0.5) is 5.69 Å². The van der Waals surface area contributed by atoms with Crippen molar-refractivity contribution in [2.24, 2.45) is 30.2 Å². The van der Waals surface area contributed by atoms with E-state index in [0.29, 0.717) is 12.1 Å². The minimum atomic E-state index is -0.801. The largest absolute Gasteiger partial charge is 0.453 e. The average Bonchev–Trinajstić information content (AvgIpc) is 2.79. The molecule has 1 N–H and O–H groups in total. The van der Waals surface area contributed by atoms with E-state index in [1.807, 2.05) is 20.9 Å². The number of esters is 1. The Labute approximate surface area is 161 Å². The van der Waals surface area contributed by atoms with Crippen LogP contribution >= 0.6 is 0 Å². The molecule has 0 saturated heterocycles. The molecule has 4 bridgehead atoms. The van der Waals surface area contributed by atoms with E-state index in [1.165, 1.54) is 38.5 Å². The summed E-state index contributed by atoms with van der Waals surface area (Å²) in [7, 11) is 1.84. The van der Waals surface area contributed by atoms with Crippen molar-refractivity contribution in [2.45, 2.75) is 71.8 Å². The molecule has 4 aliphatic carbocycles. The predicted molar refractivity (Wildman–Crippen MR) is 102 cm³/mol. The summed E-state index contributed by atoms with van der Waals surface area (Å²) in [5, 5.41) is 7.16. The normalized spacial score (nSPS) is 32.4. The molecule has 0 spiro atoms. The Morgan fingerprint density at radius 3 is 2.22 bits per heavy atom. The van der Waals surface area contributed by atoms with Gasteiger partial charge in [-0.2, -0.15) is 5.10 Å². The van der Waals surface area contributed by atoms with Crippen LogP contribution in [0.25, 0.3) is 0 Å². The molecular weight excluding hydrogens is 342 g/mol. The lowest BCUT2D eigenvalue weighted by Gasteiger charge is -2.56. The molecule has 4 saturated carbocycles. The number of ether oxygens (including phenoxy) is 1. The van der Waals surface area contributed by atoms with Crippen molar-refractivity contribution in [1.29, 1.82) is 0 Å². The summed E-state index contributed by atoms with van der Waals surface area (Å²) in [5.41, 5.74) is 2.48. The van der Waals surface area contributed by atoms with E-state index in [2.05, 4.69) is 10.4 Å². The standard InChI is InChI=1S/C21H31N3O3/c1-12-19(13(2)24(4)23-12)22-20(26)14(3)27-18(25)11-21-8-15-5-16(9-21)7-17(6-15)10-21/h14-17H,5-11H2,1-4H3,(H,22,26)/t14-,15?,16?,17?,21?/m0/s1. The zero-order valence-electron chi connectivity index (χ0n) is 16.9. The van der Waals surface area contributed by atoms with Gasteiger partial charge in [-0.25, -0.2) is 0 Å². The molecule has 148 valence electrons. The Morgan fingerprint density at radius 2 is 1.74 bits per heavy atom. The fourth-order valence-electron chi connectivity index (χ4n) is 6.28. The van der Waals surface area contributed by atoms with E-state index in [1.54, 1.807) is 11.6 Å². The van der Waals surface area contributed by atoms with Crippen molar-refractivity contribution in [3.05, 3.63) is 11.4 Å². The summed E-state index contributed by atoms with van der Waals surface area (Å²) in [4.78, 5) is 25.1. The van der Waals surface area contributed by atoms with Crippen molar-refractivity contribution in [3.8, 4) is 0 Å². The third-order valence-electron chi connectivity index (χ3n) is 7.12. The number of amides is 1. The second kappa shape index (κ2) is 6.64. The maximum Gasteiger partial charge on any atom is 0.307 e. The average molecular weight is 373 g/mol. The van der Waals surface area contributed by atoms with Gasteiger partial charge in [0.15, 0.2) is 6.10 Å². The first-order valence-corrected chi connectivity index (χ1v) is 10.3. The topological polar surface area (TPSA) is 73.2 Å². The first-order valence-electron chi connectivity index (χ1n) is 10.3. The molecular formula is C21H31N3O3. The van der Waals surface area contributed by atoms with Crippen LogP contribution in [0.2, 0.25) is 0 Å². The van der Waals surface area contributed by atoms with E-state index in [0.717, 1.165) is 29.1 Å². The number of aromatic nitrogens is 2. The molecule has 0 aliphatic heterocycles. The number of aryl methyl sites for hydroxylation is 2. The lowest BCUT2D eigenvalue weighted by Crippen LogP contribution is -2.47. The highest BCUT2D eigenvalue weighted by Crippen LogP contribution is 2.61. The molecule has 1 atom stereocenters. The smallest absolute Gasteiger partial charge is 0.307 e. The van der Waals surface area contributed by atoms with Crippen LogP contribution in [0.5, 0.6) is 0 Å². The number of rotatable bonds is 5. The molecule has 4 fully saturated rings. The van der Waals surface area contributed by atoms with Crippen molar-refractivity contribution in [2.75, 3.05) is 5.32 Å². The highest BCUT2D eigenvalue weighted by molar-refractivity contribution is 5.96. The summed E-state index contributed by atoms with van der Waals surface area (Å²) in [6.45, 7) is 5.40. The van der Waals surface area contributed by atoms with Crippen LogP contribution in [0.1, 0.15) is 63.3 Å². The first-order chi connectivity index (χ1) is 12.7. The van der Waals surface area contributed by atoms with Gasteiger partial charge in [0.1, 0.15) is 0 Å². The number of carbonyl (C=O) groups excluding carboxylic acids is 2. The number of hydrogen-bond donors (Lipinski definition) is 1. The molecule has 0 unspecified atom stereocenters. The quantitative estimate of drug-likeness (QED) is 0.802. The number of anilines is 1. The third-order valence-corrected chi connectivity index (χ3v) is 7.12. The van der Waals surface area contributed by atoms with Crippen LogP contribution in [0.15, 0.2) is 0 Å². The maximum absolute atomic E-state index is 12.6. The Hall–Kier alpha value is -1.85. The van der Waals surface area contributed by atoms with Gasteiger partial charge >= 0.3 is 5.97 Å². The van der Waals surface area contributed by atoms with Crippen molar-refractivity contribution in [1.82, 2.24) is 9.78 Å². The molecule has 4 aliphatic rings. The summed E-state index contributed by atoms with van der Waals surface area (Å²) < 4.78 is 7.26. The first kappa shape index (κ1) is 18.5. The van der Waals surface area contributed by atoms with Crippen LogP contribution in [0.3, 0.4) is 0 Å². The van der Waals surface area contributed by atoms with E-state index < -0.39 is 6.10 Å². The van der Waals surface area contributed by atoms with Gasteiger partial charge in [-0.15, -0.1) is 0 Å². The molecule has 1 amide bonds. The number of nitrogens with zero attached hydrogens (tertiary/aromatic N) is 2. The monoisotopic (exact) mass is 373 g/mol. The van der Waals surface area contributed by atoms with Gasteiger partial charge in [-0.05, 0) is 82.5 Å². The Balaban J connectivity index is 1.34. The molecule has 0 aromatic carbocycles. The minimum Gasteiger partial charge on any atom is -0.453 e. The van der Waals surface area contributed by atoms with E-state index in [4.69, 9.17) is 4.74 Å². The van der Waals surface area contributed by atoms with Gasteiger partial charge in [0.25, 0.3) is 5.91 Å². The van der Waals surface area contributed by atoms with Gasteiger partial charge in [0.05, 0.1) is 23.5 Å². The van der Waals surface area contributed by atoms with Crippen LogP contribution in [0, 0.1) is 37.0 Å². The van der Waals surface area contributed by atoms with Crippen molar-refractivity contribution < 1.29 is 14.3 Å². The van der Waals surface area contributed by atoms with E-state index in [-0.39, 0.29) is 17.3 Å². The predicted octanol–water partition coefficient (Wildman–Crippen LogP) is 3.51. The lowest BCUT2D eigenvalue weighted by molar-refractivity contribution is -0.160. The van der Waals surface area contributed by atoms with Gasteiger partial charge in [-0.1, -0.05) is 0 Å². The summed E-state index contributed by atoms with van der Waals surface area (Å²) in [6.07, 6.45) is 7.25. The van der Waals surface area contributed by atoms with Gasteiger partial charge in [0, 0.05) is 7.05 Å². The van der Waals surface area contributed by atoms with Crippen LogP contribution < -0.4 is 5.32 Å². The zero-order valence-corrected chi connectivity index (χ0v) is 16.9.